The van der Waals surface area contributed by atoms with E-state index < -0.39 is 24.3 Å². The Morgan fingerprint density at radius 1 is 1.14 bits per heavy atom. The first-order chi connectivity index (χ1) is 13.5. The fourth-order valence-corrected chi connectivity index (χ4v) is 2.49. The maximum absolute atomic E-state index is 13.5. The highest BCUT2D eigenvalue weighted by atomic mass is 19.1. The van der Waals surface area contributed by atoms with Gasteiger partial charge in [0.2, 0.25) is 0 Å². The third-order valence-corrected chi connectivity index (χ3v) is 3.75. The number of aryl methyl sites for hydroxylation is 1. The maximum atomic E-state index is 13.5. The normalized spacial score (nSPS) is 10.8. The summed E-state index contributed by atoms with van der Waals surface area (Å²) in [6.45, 7) is 1.34. The van der Waals surface area contributed by atoms with Gasteiger partial charge in [-0.2, -0.15) is 5.10 Å². The van der Waals surface area contributed by atoms with Crippen LogP contribution in [0.3, 0.4) is 0 Å². The van der Waals surface area contributed by atoms with Crippen LogP contribution in [0.5, 0.6) is 0 Å². The van der Waals surface area contributed by atoms with E-state index in [1.54, 1.807) is 22.9 Å². The van der Waals surface area contributed by atoms with Crippen LogP contribution in [0, 0.1) is 12.7 Å². The SMILES string of the molecule is Cc1cc(NC(=O)COC(=O)/C=C/c2ccccc2F)n(-c2ccccc2)n1. The van der Waals surface area contributed by atoms with Crippen LogP contribution < -0.4 is 5.32 Å². The Balaban J connectivity index is 1.58. The number of carbonyl (C=O) groups excluding carboxylic acids is 2. The number of hydrogen-bond donors (Lipinski definition) is 1. The highest BCUT2D eigenvalue weighted by Gasteiger charge is 2.12. The number of rotatable bonds is 6. The number of halogens is 1. The van der Waals surface area contributed by atoms with Crippen LogP contribution in [0.4, 0.5) is 10.2 Å². The smallest absolute Gasteiger partial charge is 0.331 e. The van der Waals surface area contributed by atoms with E-state index in [0.717, 1.165) is 17.5 Å². The molecule has 1 aromatic heterocycles. The molecular formula is C21H18FN3O3. The van der Waals surface area contributed by atoms with Crippen molar-refractivity contribution in [3.8, 4) is 5.69 Å². The molecule has 0 spiro atoms. The summed E-state index contributed by atoms with van der Waals surface area (Å²) in [6, 6.07) is 17.1. The topological polar surface area (TPSA) is 73.2 Å². The molecule has 0 fully saturated rings. The summed E-state index contributed by atoms with van der Waals surface area (Å²) in [4.78, 5) is 23.9. The van der Waals surface area contributed by atoms with Gasteiger partial charge in [-0.15, -0.1) is 0 Å². The van der Waals surface area contributed by atoms with Crippen LogP contribution in [-0.2, 0) is 14.3 Å². The number of ether oxygens (including phenoxy) is 1. The van der Waals surface area contributed by atoms with E-state index in [0.29, 0.717) is 5.82 Å². The second-order valence-electron chi connectivity index (χ2n) is 5.93. The number of carbonyl (C=O) groups is 2. The van der Waals surface area contributed by atoms with Gasteiger partial charge >= 0.3 is 5.97 Å². The van der Waals surface area contributed by atoms with Crippen molar-refractivity contribution in [2.45, 2.75) is 6.92 Å². The molecule has 0 aliphatic carbocycles. The molecule has 0 saturated heterocycles. The third kappa shape index (κ3) is 4.91. The van der Waals surface area contributed by atoms with Gasteiger partial charge in [0.05, 0.1) is 11.4 Å². The Morgan fingerprint density at radius 3 is 2.61 bits per heavy atom. The number of aromatic nitrogens is 2. The molecule has 0 aliphatic rings. The van der Waals surface area contributed by atoms with Gasteiger partial charge in [-0.3, -0.25) is 4.79 Å². The number of para-hydroxylation sites is 1. The molecule has 0 aliphatic heterocycles. The zero-order valence-corrected chi connectivity index (χ0v) is 15.1. The van der Waals surface area contributed by atoms with Crippen molar-refractivity contribution < 1.29 is 18.7 Å². The van der Waals surface area contributed by atoms with Gasteiger partial charge in [0.1, 0.15) is 11.6 Å². The predicted molar refractivity (Wildman–Crippen MR) is 103 cm³/mol. The molecule has 7 heteroatoms. The largest absolute Gasteiger partial charge is 0.452 e. The lowest BCUT2D eigenvalue weighted by atomic mass is 10.2. The summed E-state index contributed by atoms with van der Waals surface area (Å²) in [5, 5.41) is 7.02. The first-order valence-corrected chi connectivity index (χ1v) is 8.54. The Morgan fingerprint density at radius 2 is 1.86 bits per heavy atom. The first kappa shape index (κ1) is 19.0. The molecule has 2 aromatic carbocycles. The highest BCUT2D eigenvalue weighted by Crippen LogP contribution is 2.16. The Hall–Kier alpha value is -3.74. The zero-order chi connectivity index (χ0) is 19.9. The van der Waals surface area contributed by atoms with Crippen LogP contribution in [0.2, 0.25) is 0 Å². The number of benzene rings is 2. The number of nitrogens with one attached hydrogen (secondary N) is 1. The van der Waals surface area contributed by atoms with E-state index in [2.05, 4.69) is 10.4 Å². The summed E-state index contributed by atoms with van der Waals surface area (Å²) >= 11 is 0. The minimum Gasteiger partial charge on any atom is -0.452 e. The van der Waals surface area contributed by atoms with Crippen molar-refractivity contribution in [2.24, 2.45) is 0 Å². The maximum Gasteiger partial charge on any atom is 0.331 e. The summed E-state index contributed by atoms with van der Waals surface area (Å²) in [5.41, 5.74) is 1.77. The van der Waals surface area contributed by atoms with E-state index in [4.69, 9.17) is 4.74 Å². The molecule has 1 heterocycles. The second-order valence-corrected chi connectivity index (χ2v) is 5.93. The molecule has 0 saturated carbocycles. The molecule has 6 nitrogen and oxygen atoms in total. The van der Waals surface area contributed by atoms with Gasteiger partial charge in [0.15, 0.2) is 6.61 Å². The van der Waals surface area contributed by atoms with Gasteiger partial charge in [-0.1, -0.05) is 36.4 Å². The fourth-order valence-electron chi connectivity index (χ4n) is 2.49. The van der Waals surface area contributed by atoms with Crippen LogP contribution in [0.15, 0.2) is 66.7 Å². The highest BCUT2D eigenvalue weighted by molar-refractivity contribution is 5.94. The Kier molecular flexibility index (Phi) is 5.96. The van der Waals surface area contributed by atoms with Gasteiger partial charge in [0, 0.05) is 17.7 Å². The van der Waals surface area contributed by atoms with Crippen molar-refractivity contribution >= 4 is 23.8 Å². The number of esters is 1. The lowest BCUT2D eigenvalue weighted by Crippen LogP contribution is -2.21. The Labute approximate surface area is 161 Å². The van der Waals surface area contributed by atoms with Crippen LogP contribution in [-0.4, -0.2) is 28.3 Å². The van der Waals surface area contributed by atoms with E-state index in [1.165, 1.54) is 18.2 Å². The average Bonchev–Trinajstić information content (AvgIpc) is 3.06. The predicted octanol–water partition coefficient (Wildman–Crippen LogP) is 3.51. The molecule has 3 rings (SSSR count). The monoisotopic (exact) mass is 379 g/mol. The molecule has 3 aromatic rings. The zero-order valence-electron chi connectivity index (χ0n) is 15.1. The number of nitrogens with zero attached hydrogens (tertiary/aromatic N) is 2. The number of anilines is 1. The summed E-state index contributed by atoms with van der Waals surface area (Å²) < 4.78 is 20.0. The quantitative estimate of drug-likeness (QED) is 0.525. The first-order valence-electron chi connectivity index (χ1n) is 8.54. The van der Waals surface area contributed by atoms with Crippen molar-refractivity contribution in [1.29, 1.82) is 0 Å². The molecule has 1 N–H and O–H groups in total. The summed E-state index contributed by atoms with van der Waals surface area (Å²) in [6.07, 6.45) is 2.37. The minimum atomic E-state index is -0.744. The molecule has 28 heavy (non-hydrogen) atoms. The lowest BCUT2D eigenvalue weighted by molar-refractivity contribution is -0.142. The lowest BCUT2D eigenvalue weighted by Gasteiger charge is -2.08. The van der Waals surface area contributed by atoms with Crippen molar-refractivity contribution in [1.82, 2.24) is 9.78 Å². The number of amides is 1. The second kappa shape index (κ2) is 8.77. The summed E-state index contributed by atoms with van der Waals surface area (Å²) in [7, 11) is 0. The van der Waals surface area contributed by atoms with Crippen LogP contribution >= 0.6 is 0 Å². The van der Waals surface area contributed by atoms with Crippen LogP contribution in [0.1, 0.15) is 11.3 Å². The van der Waals surface area contributed by atoms with Gasteiger partial charge in [-0.05, 0) is 31.2 Å². The molecule has 0 unspecified atom stereocenters. The molecule has 0 radical (unpaired) electrons. The van der Waals surface area contributed by atoms with Gasteiger partial charge in [0.25, 0.3) is 5.91 Å². The van der Waals surface area contributed by atoms with Gasteiger partial charge < -0.3 is 10.1 Å². The van der Waals surface area contributed by atoms with E-state index in [9.17, 15) is 14.0 Å². The summed E-state index contributed by atoms with van der Waals surface area (Å²) in [5.74, 6) is -1.24. The van der Waals surface area contributed by atoms with Crippen molar-refractivity contribution in [3.63, 3.8) is 0 Å². The molecule has 0 atom stereocenters. The van der Waals surface area contributed by atoms with Crippen molar-refractivity contribution in [3.05, 3.63) is 83.8 Å². The average molecular weight is 379 g/mol. The van der Waals surface area contributed by atoms with E-state index >= 15 is 0 Å². The van der Waals surface area contributed by atoms with Crippen molar-refractivity contribution in [2.75, 3.05) is 11.9 Å². The third-order valence-electron chi connectivity index (χ3n) is 3.75. The van der Waals surface area contributed by atoms with Crippen LogP contribution in [0.25, 0.3) is 11.8 Å². The minimum absolute atomic E-state index is 0.256. The fraction of sp³-hybridized carbons (Fsp3) is 0.0952. The van der Waals surface area contributed by atoms with E-state index in [1.807, 2.05) is 37.3 Å². The standard InChI is InChI=1S/C21H18FN3O3/c1-15-13-19(25(24-15)17-8-3-2-4-9-17)23-20(26)14-28-21(27)12-11-16-7-5-6-10-18(16)22/h2-13H,14H2,1H3,(H,23,26)/b12-11+. The molecular weight excluding hydrogens is 361 g/mol. The molecule has 1 amide bonds. The molecule has 0 bridgehead atoms. The molecule has 142 valence electrons. The van der Waals surface area contributed by atoms with Gasteiger partial charge in [-0.25, -0.2) is 13.9 Å². The number of hydrogen-bond acceptors (Lipinski definition) is 4. The van der Waals surface area contributed by atoms with E-state index in [-0.39, 0.29) is 5.56 Å². The Bertz CT molecular complexity index is 1010.